The topological polar surface area (TPSA) is 29.5 Å². The van der Waals surface area contributed by atoms with Gasteiger partial charge in [-0.15, -0.1) is 0 Å². The van der Waals surface area contributed by atoms with Crippen LogP contribution in [-0.4, -0.2) is 29.7 Å². The summed E-state index contributed by atoms with van der Waals surface area (Å²) in [7, 11) is 1.79. The number of carbonyl (C=O) groups excluding carboxylic acids is 1. The Morgan fingerprint density at radius 3 is 1.74 bits per heavy atom. The summed E-state index contributed by atoms with van der Waals surface area (Å²) in [6.45, 7) is 20.2. The fourth-order valence-electron chi connectivity index (χ4n) is 0.858. The first-order valence-corrected chi connectivity index (χ1v) is 7.66. The van der Waals surface area contributed by atoms with Crippen molar-refractivity contribution < 1.29 is 9.53 Å². The molecular weight excluding hydrogens is 238 g/mol. The fraction of sp³-hybridized carbons (Fsp3) is 0.938. The normalized spacial score (nSPS) is 11.6. The van der Waals surface area contributed by atoms with Crippen molar-refractivity contribution in [3.8, 4) is 0 Å². The van der Waals surface area contributed by atoms with E-state index in [4.69, 9.17) is 4.74 Å². The Morgan fingerprint density at radius 1 is 1.11 bits per heavy atom. The third kappa shape index (κ3) is 9.80. The van der Waals surface area contributed by atoms with Crippen molar-refractivity contribution in [2.45, 2.75) is 87.3 Å². The van der Waals surface area contributed by atoms with Crippen molar-refractivity contribution in [3.05, 3.63) is 0 Å². The van der Waals surface area contributed by atoms with Crippen molar-refractivity contribution in [2.24, 2.45) is 5.92 Å². The lowest BCUT2D eigenvalue weighted by molar-refractivity contribution is 0.0330. The highest BCUT2D eigenvalue weighted by Crippen LogP contribution is 2.18. The molecule has 0 spiro atoms. The van der Waals surface area contributed by atoms with Gasteiger partial charge in [-0.2, -0.15) is 0 Å². The molecule has 3 heteroatoms. The zero-order valence-corrected chi connectivity index (χ0v) is 15.1. The van der Waals surface area contributed by atoms with Gasteiger partial charge in [-0.25, -0.2) is 4.79 Å². The van der Waals surface area contributed by atoms with Gasteiger partial charge in [0.25, 0.3) is 0 Å². The molecule has 1 atom stereocenters. The van der Waals surface area contributed by atoms with Crippen LogP contribution in [0.5, 0.6) is 0 Å². The molecule has 1 unspecified atom stereocenters. The summed E-state index contributed by atoms with van der Waals surface area (Å²) in [4.78, 5) is 13.4. The lowest BCUT2D eigenvalue weighted by atomic mass is 10.0. The molecule has 0 aliphatic carbocycles. The summed E-state index contributed by atoms with van der Waals surface area (Å²) in [6.07, 6.45) is 0.643. The van der Waals surface area contributed by atoms with Crippen molar-refractivity contribution in [2.75, 3.05) is 7.05 Å². The smallest absolute Gasteiger partial charge is 0.410 e. The molecule has 0 saturated carbocycles. The van der Waals surface area contributed by atoms with Crippen molar-refractivity contribution in [1.29, 1.82) is 0 Å². The van der Waals surface area contributed by atoms with Crippen LogP contribution in [0.15, 0.2) is 0 Å². The predicted octanol–water partition coefficient (Wildman–Crippen LogP) is 5.34. The Bertz CT molecular complexity index is 213. The number of rotatable bonds is 4. The van der Waals surface area contributed by atoms with Crippen LogP contribution in [-0.2, 0) is 4.74 Å². The maximum Gasteiger partial charge on any atom is 0.410 e. The molecule has 0 aromatic heterocycles. The number of carbonyl (C=O) groups is 1. The average Bonchev–Trinajstić information content (AvgIpc) is 2.42. The largest absolute Gasteiger partial charge is 0.446 e. The van der Waals surface area contributed by atoms with Crippen LogP contribution in [0.1, 0.15) is 75.7 Å². The molecule has 1 amide bonds. The van der Waals surface area contributed by atoms with Crippen LogP contribution >= 0.6 is 0 Å². The molecule has 0 aromatic carbocycles. The van der Waals surface area contributed by atoms with Gasteiger partial charge in [0.05, 0.1) is 0 Å². The highest BCUT2D eigenvalue weighted by molar-refractivity contribution is 5.68. The second kappa shape index (κ2) is 12.3. The predicted molar refractivity (Wildman–Crippen MR) is 85.6 cm³/mol. The number of hydrogen-bond acceptors (Lipinski definition) is 2. The Labute approximate surface area is 121 Å². The number of ether oxygens (including phenoxy) is 1. The molecule has 0 bridgehead atoms. The summed E-state index contributed by atoms with van der Waals surface area (Å²) >= 11 is 0. The molecule has 19 heavy (non-hydrogen) atoms. The SMILES string of the molecule is CC.CC.CCC(C)(C)N(C)C(=O)OC(C)C(C)C. The Hall–Kier alpha value is -0.730. The lowest BCUT2D eigenvalue weighted by Crippen LogP contribution is -2.45. The highest BCUT2D eigenvalue weighted by atomic mass is 16.6. The summed E-state index contributed by atoms with van der Waals surface area (Å²) in [5, 5.41) is 0. The van der Waals surface area contributed by atoms with Crippen molar-refractivity contribution in [3.63, 3.8) is 0 Å². The molecule has 0 aliphatic heterocycles. The molecule has 0 N–H and O–H groups in total. The van der Waals surface area contributed by atoms with Crippen LogP contribution < -0.4 is 0 Å². The minimum atomic E-state index is -0.233. The summed E-state index contributed by atoms with van der Waals surface area (Å²) in [5.74, 6) is 0.354. The van der Waals surface area contributed by atoms with E-state index in [1.807, 2.05) is 62.3 Å². The van der Waals surface area contributed by atoms with E-state index in [9.17, 15) is 4.79 Å². The van der Waals surface area contributed by atoms with Crippen LogP contribution in [0.4, 0.5) is 4.79 Å². The van der Waals surface area contributed by atoms with E-state index in [0.29, 0.717) is 5.92 Å². The van der Waals surface area contributed by atoms with E-state index in [-0.39, 0.29) is 17.7 Å². The van der Waals surface area contributed by atoms with Crippen molar-refractivity contribution in [1.82, 2.24) is 4.90 Å². The zero-order chi connectivity index (χ0) is 16.2. The lowest BCUT2D eigenvalue weighted by Gasteiger charge is -2.35. The van der Waals surface area contributed by atoms with Gasteiger partial charge >= 0.3 is 6.09 Å². The van der Waals surface area contributed by atoms with E-state index >= 15 is 0 Å². The monoisotopic (exact) mass is 275 g/mol. The second-order valence-corrected chi connectivity index (χ2v) is 5.06. The Kier molecular flexibility index (Phi) is 15.1. The third-order valence-electron chi connectivity index (χ3n) is 3.27. The molecule has 3 nitrogen and oxygen atoms in total. The molecule has 0 saturated heterocycles. The van der Waals surface area contributed by atoms with Gasteiger partial charge in [0.15, 0.2) is 0 Å². The summed E-state index contributed by atoms with van der Waals surface area (Å²) in [5.41, 5.74) is -0.145. The first-order valence-electron chi connectivity index (χ1n) is 7.66. The summed E-state index contributed by atoms with van der Waals surface area (Å²) < 4.78 is 5.35. The quantitative estimate of drug-likeness (QED) is 0.693. The van der Waals surface area contributed by atoms with Crippen LogP contribution in [0.25, 0.3) is 0 Å². The number of hydrogen-bond donors (Lipinski definition) is 0. The average molecular weight is 275 g/mol. The summed E-state index contributed by atoms with van der Waals surface area (Å²) in [6, 6.07) is 0. The number of amides is 1. The molecule has 0 aliphatic rings. The van der Waals surface area contributed by atoms with E-state index in [0.717, 1.165) is 6.42 Å². The number of nitrogens with zero attached hydrogens (tertiary/aromatic N) is 1. The van der Waals surface area contributed by atoms with E-state index in [2.05, 4.69) is 6.92 Å². The zero-order valence-electron chi connectivity index (χ0n) is 15.1. The van der Waals surface area contributed by atoms with Gasteiger partial charge in [0, 0.05) is 12.6 Å². The van der Waals surface area contributed by atoms with E-state index in [1.54, 1.807) is 11.9 Å². The maximum atomic E-state index is 11.8. The van der Waals surface area contributed by atoms with Crippen LogP contribution in [0.3, 0.4) is 0 Å². The van der Waals surface area contributed by atoms with E-state index in [1.165, 1.54) is 0 Å². The van der Waals surface area contributed by atoms with Crippen LogP contribution in [0, 0.1) is 5.92 Å². The first-order chi connectivity index (χ1) is 8.72. The first kappa shape index (κ1) is 23.4. The minimum Gasteiger partial charge on any atom is -0.446 e. The van der Waals surface area contributed by atoms with Gasteiger partial charge in [-0.05, 0) is 33.1 Å². The fourth-order valence-corrected chi connectivity index (χ4v) is 0.858. The van der Waals surface area contributed by atoms with Gasteiger partial charge in [0.2, 0.25) is 0 Å². The third-order valence-corrected chi connectivity index (χ3v) is 3.27. The van der Waals surface area contributed by atoms with Gasteiger partial charge in [-0.3, -0.25) is 0 Å². The molecule has 0 aromatic rings. The second-order valence-electron chi connectivity index (χ2n) is 5.06. The van der Waals surface area contributed by atoms with Gasteiger partial charge in [0.1, 0.15) is 6.10 Å². The highest BCUT2D eigenvalue weighted by Gasteiger charge is 2.28. The standard InChI is InChI=1S/C12H25NO2.2C2H6/c1-8-12(5,6)13(7)11(14)15-10(4)9(2)3;2*1-2/h9-10H,8H2,1-7H3;2*1-2H3. The van der Waals surface area contributed by atoms with Gasteiger partial charge in [-0.1, -0.05) is 48.5 Å². The molecule has 0 heterocycles. The molecule has 0 fully saturated rings. The van der Waals surface area contributed by atoms with Gasteiger partial charge < -0.3 is 9.64 Å². The molecule has 0 rings (SSSR count). The minimum absolute atomic E-state index is 0.0346. The van der Waals surface area contributed by atoms with Crippen LogP contribution in [0.2, 0.25) is 0 Å². The Balaban J connectivity index is -0.000000579. The molecule has 118 valence electrons. The molecule has 0 radical (unpaired) electrons. The molecular formula is C16H37NO2. The van der Waals surface area contributed by atoms with E-state index < -0.39 is 0 Å². The van der Waals surface area contributed by atoms with Crippen molar-refractivity contribution >= 4 is 6.09 Å². The Morgan fingerprint density at radius 2 is 1.47 bits per heavy atom. The maximum absolute atomic E-state index is 11.8.